The number of fused-ring (bicyclic) bond motifs is 30. The molecule has 4 heteroatoms. The summed E-state index contributed by atoms with van der Waals surface area (Å²) in [5.74, 6) is 0. The lowest BCUT2D eigenvalue weighted by atomic mass is 9.81. The zero-order valence-electron chi connectivity index (χ0n) is 70.5. The van der Waals surface area contributed by atoms with Gasteiger partial charge in [0.25, 0.3) is 0 Å². The van der Waals surface area contributed by atoms with Gasteiger partial charge in [-0.15, -0.1) is 0 Å². The molecule has 3 aromatic heterocycles. The normalized spacial score (nSPS) is 13.2. The molecule has 0 unspecified atom stereocenters. The summed E-state index contributed by atoms with van der Waals surface area (Å²) in [5.41, 5.74) is 32.7. The van der Waals surface area contributed by atoms with E-state index >= 15 is 0 Å². The number of benzene rings is 20. The van der Waals surface area contributed by atoms with Crippen molar-refractivity contribution >= 4 is 146 Å². The van der Waals surface area contributed by atoms with E-state index in [-0.39, 0.29) is 10.8 Å². The van der Waals surface area contributed by atoms with Crippen LogP contribution in [0.15, 0.2) is 393 Å². The van der Waals surface area contributed by atoms with Crippen LogP contribution in [-0.2, 0) is 17.3 Å². The number of aromatic nitrogens is 3. The molecule has 0 radical (unpaired) electrons. The molecule has 0 amide bonds. The Balaban J connectivity index is 0.000000115. The van der Waals surface area contributed by atoms with Crippen LogP contribution in [0.2, 0.25) is 0 Å². The number of unbranched alkanes of at least 4 members (excludes halogenated alkanes) is 2. The molecule has 0 atom stereocenters. The Kier molecular flexibility index (Phi) is 17.9. The average Bonchev–Trinajstić information content (AvgIpc) is 1.54. The minimum Gasteiger partial charge on any atom is -0.309 e. The van der Waals surface area contributed by atoms with E-state index < -0.39 is 0 Å². The Labute approximate surface area is 731 Å². The lowest BCUT2D eigenvalue weighted by Gasteiger charge is -2.22. The van der Waals surface area contributed by atoms with Gasteiger partial charge in [0.1, 0.15) is 0 Å². The molecule has 0 fully saturated rings. The van der Waals surface area contributed by atoms with Crippen LogP contribution in [0.5, 0.6) is 0 Å². The Hall–Kier alpha value is -14.2. The molecular formula is C120H90BrN3. The summed E-state index contributed by atoms with van der Waals surface area (Å²) in [7, 11) is 0. The minimum absolute atomic E-state index is 0.0485. The van der Waals surface area contributed by atoms with Crippen molar-refractivity contribution in [3.8, 4) is 72.7 Å². The highest BCUT2D eigenvalue weighted by molar-refractivity contribution is 9.10. The van der Waals surface area contributed by atoms with Gasteiger partial charge in [0.05, 0.1) is 33.1 Å². The molecule has 23 aromatic rings. The maximum atomic E-state index is 3.52. The topological polar surface area (TPSA) is 14.8 Å². The first-order chi connectivity index (χ1) is 60.9. The summed E-state index contributed by atoms with van der Waals surface area (Å²) in [6, 6.07) is 143. The Morgan fingerprint density at radius 3 is 1.02 bits per heavy atom. The van der Waals surface area contributed by atoms with Gasteiger partial charge in [0.15, 0.2) is 0 Å². The van der Waals surface area contributed by atoms with Crippen LogP contribution in [-0.4, -0.2) is 13.7 Å². The van der Waals surface area contributed by atoms with Crippen molar-refractivity contribution < 1.29 is 0 Å². The number of nitrogens with zero attached hydrogens (tertiary/aromatic N) is 3. The largest absolute Gasteiger partial charge is 0.309 e. The molecule has 0 aliphatic heterocycles. The standard InChI is InChI=1S/C57H38N2.C34H24.C24H16BrN.C5H12/c1-57(2)51-22-12-10-20-43(51)47-32-50-49-31-45-41-18-8-6-16-39(41)40-17-7-9-19-42(40)46(45)33-55(49)59(56(50)34-52(47)57)38-27-24-35(25-28-38)36-26-29-54-48(30-36)44-21-11-13-23-53(44)58(54)37-14-4-3-5-15-37;1-34(2)32-14-8-7-13-26(32)31-19-28-21(17-33(31)34)15-20-16-29-24-11-5-3-9-22(24)23-10-4-6-12-25(23)30(29)18-27(20)28;25-19-13-10-17(11-14-19)18-12-15-24-22(16-18)21-8-4-5-9-23(21)26(24)20-6-2-1-3-7-20;1-3-5-4-2/h3-34H,1-2H3;3-14,16-19H,15H2,1-2H3;1-16H;3-5H2,1-2H3. The third-order valence-electron chi connectivity index (χ3n) is 27.5. The SMILES string of the molecule is Brc1ccc(-c2ccc3c(c2)c2ccccc2n3-c2ccccc2)cc1.CC1(C)c2ccccc2-c2cc3c(cc21)Cc1cc2c4ccccc4c4ccccc4c2cc1-3.CC1(C)c2ccccc2-c2cc3c4cc5c6ccccc6c6ccccc6c5cc4n(-c4ccc(-c5ccc6c(c5)c5ccccc5n6-c5ccccc5)cc4)c3cc21.CCCCC. The third-order valence-corrected chi connectivity index (χ3v) is 28.0. The number of para-hydroxylation sites is 4. The molecular weight excluding hydrogens is 1560 g/mol. The highest BCUT2D eigenvalue weighted by Crippen LogP contribution is 2.55. The zero-order valence-corrected chi connectivity index (χ0v) is 72.1. The van der Waals surface area contributed by atoms with Crippen molar-refractivity contribution in [2.75, 3.05) is 0 Å². The van der Waals surface area contributed by atoms with Gasteiger partial charge in [-0.25, -0.2) is 0 Å². The van der Waals surface area contributed by atoms with Crippen molar-refractivity contribution in [1.82, 2.24) is 13.7 Å². The minimum atomic E-state index is -0.106. The fraction of sp³-hybridized carbons (Fsp3) is 0.100. The van der Waals surface area contributed by atoms with Gasteiger partial charge in [-0.05, 0) is 287 Å². The predicted molar refractivity (Wildman–Crippen MR) is 535 cm³/mol. The first-order valence-corrected chi connectivity index (χ1v) is 44.8. The fourth-order valence-electron chi connectivity index (χ4n) is 21.5. The van der Waals surface area contributed by atoms with E-state index in [4.69, 9.17) is 0 Å². The monoisotopic (exact) mass is 1650 g/mol. The quantitative estimate of drug-likeness (QED) is 0.141. The molecule has 0 N–H and O–H groups in total. The number of rotatable bonds is 7. The molecule has 0 bridgehead atoms. The maximum absolute atomic E-state index is 3.52. The highest BCUT2D eigenvalue weighted by atomic mass is 79.9. The third kappa shape index (κ3) is 11.9. The van der Waals surface area contributed by atoms with Crippen LogP contribution in [0.1, 0.15) is 94.2 Å². The average molecular weight is 1650 g/mol. The van der Waals surface area contributed by atoms with Gasteiger partial charge in [0, 0.05) is 64.7 Å². The fourth-order valence-corrected chi connectivity index (χ4v) is 21.8. The van der Waals surface area contributed by atoms with E-state index in [9.17, 15) is 0 Å². The summed E-state index contributed by atoms with van der Waals surface area (Å²) in [6.45, 7) is 13.9. The first kappa shape index (κ1) is 74.9. The van der Waals surface area contributed by atoms with Gasteiger partial charge < -0.3 is 13.7 Å². The zero-order chi connectivity index (χ0) is 83.2. The van der Waals surface area contributed by atoms with Gasteiger partial charge in [0.2, 0.25) is 0 Å². The van der Waals surface area contributed by atoms with E-state index in [1.807, 2.05) is 0 Å². The van der Waals surface area contributed by atoms with Crippen LogP contribution >= 0.6 is 15.9 Å². The van der Waals surface area contributed by atoms with Crippen LogP contribution in [0, 0.1) is 0 Å². The van der Waals surface area contributed by atoms with Crippen LogP contribution in [0.25, 0.3) is 203 Å². The van der Waals surface area contributed by atoms with Crippen molar-refractivity contribution in [2.45, 2.75) is 78.1 Å². The second kappa shape index (κ2) is 29.6. The molecule has 592 valence electrons. The molecule has 20 aromatic carbocycles. The summed E-state index contributed by atoms with van der Waals surface area (Å²) in [6.07, 6.45) is 5.09. The number of halogens is 1. The summed E-state index contributed by atoms with van der Waals surface area (Å²) < 4.78 is 8.35. The van der Waals surface area contributed by atoms with Crippen molar-refractivity contribution in [3.05, 3.63) is 426 Å². The summed E-state index contributed by atoms with van der Waals surface area (Å²) in [4.78, 5) is 0. The Morgan fingerprint density at radius 1 is 0.218 bits per heavy atom. The lowest BCUT2D eigenvalue weighted by Crippen LogP contribution is -2.15. The first-order valence-electron chi connectivity index (χ1n) is 44.0. The van der Waals surface area contributed by atoms with Gasteiger partial charge in [-0.2, -0.15) is 0 Å². The van der Waals surface area contributed by atoms with E-state index in [1.165, 1.54) is 250 Å². The van der Waals surface area contributed by atoms with E-state index in [0.29, 0.717) is 0 Å². The molecule has 0 saturated carbocycles. The molecule has 3 aliphatic carbocycles. The van der Waals surface area contributed by atoms with E-state index in [2.05, 4.69) is 459 Å². The molecule has 3 aliphatic rings. The Bertz CT molecular complexity index is 8300. The summed E-state index contributed by atoms with van der Waals surface area (Å²) in [5, 5.41) is 23.5. The Morgan fingerprint density at radius 2 is 0.540 bits per heavy atom. The van der Waals surface area contributed by atoms with Crippen LogP contribution < -0.4 is 0 Å². The van der Waals surface area contributed by atoms with Gasteiger partial charge in [-0.1, -0.05) is 338 Å². The molecule has 26 rings (SSSR count). The second-order valence-corrected chi connectivity index (χ2v) is 36.1. The van der Waals surface area contributed by atoms with Gasteiger partial charge in [-0.3, -0.25) is 0 Å². The lowest BCUT2D eigenvalue weighted by molar-refractivity contribution is 0.659. The molecule has 0 saturated heterocycles. The van der Waals surface area contributed by atoms with Crippen LogP contribution in [0.4, 0.5) is 0 Å². The van der Waals surface area contributed by atoms with Crippen molar-refractivity contribution in [2.24, 2.45) is 0 Å². The number of hydrogen-bond donors (Lipinski definition) is 0. The molecule has 124 heavy (non-hydrogen) atoms. The van der Waals surface area contributed by atoms with Crippen molar-refractivity contribution in [1.29, 1.82) is 0 Å². The van der Waals surface area contributed by atoms with E-state index in [1.54, 1.807) is 0 Å². The number of hydrogen-bond acceptors (Lipinski definition) is 0. The maximum Gasteiger partial charge on any atom is 0.0547 e. The van der Waals surface area contributed by atoms with Crippen LogP contribution in [0.3, 0.4) is 0 Å². The smallest absolute Gasteiger partial charge is 0.0547 e. The van der Waals surface area contributed by atoms with E-state index in [0.717, 1.165) is 16.6 Å². The molecule has 0 spiro atoms. The predicted octanol–water partition coefficient (Wildman–Crippen LogP) is 33.7. The second-order valence-electron chi connectivity index (χ2n) is 35.2. The molecule has 3 nitrogen and oxygen atoms in total. The summed E-state index contributed by atoms with van der Waals surface area (Å²) >= 11 is 3.52. The van der Waals surface area contributed by atoms with Gasteiger partial charge >= 0.3 is 0 Å². The molecule has 3 heterocycles. The van der Waals surface area contributed by atoms with Crippen molar-refractivity contribution in [3.63, 3.8) is 0 Å². The highest BCUT2D eigenvalue weighted by Gasteiger charge is 2.39.